The molecule has 5 heteroatoms. The zero-order chi connectivity index (χ0) is 16.2. The minimum Gasteiger partial charge on any atom is -0.371 e. The molecule has 5 nitrogen and oxygen atoms in total. The maximum Gasteiger partial charge on any atom is 0.108 e. The fourth-order valence-corrected chi connectivity index (χ4v) is 3.78. The van der Waals surface area contributed by atoms with Crippen molar-refractivity contribution in [3.63, 3.8) is 0 Å². The van der Waals surface area contributed by atoms with E-state index >= 15 is 0 Å². The second-order valence-electron chi connectivity index (χ2n) is 6.67. The highest BCUT2D eigenvalue weighted by Crippen LogP contribution is 2.37. The van der Waals surface area contributed by atoms with E-state index in [4.69, 9.17) is 9.47 Å². The zero-order valence-electron chi connectivity index (χ0n) is 13.8. The standard InChI is InChI=1S/C19H23N3O2/c1-2-5-16(6-3-1)14-23-18-13-22(12-17-11-20-8-9-21-17)15-19(18)7-4-10-24-19/h1-3,5-6,8-9,11,18H,4,7,10,12-15H2/t18-,19-/m0/s1. The molecular weight excluding hydrogens is 302 g/mol. The maximum atomic E-state index is 6.29. The summed E-state index contributed by atoms with van der Waals surface area (Å²) in [4.78, 5) is 10.9. The molecule has 2 aliphatic heterocycles. The van der Waals surface area contributed by atoms with Crippen LogP contribution >= 0.6 is 0 Å². The van der Waals surface area contributed by atoms with Crippen LogP contribution in [0.5, 0.6) is 0 Å². The molecule has 0 aliphatic carbocycles. The van der Waals surface area contributed by atoms with Crippen molar-refractivity contribution >= 4 is 0 Å². The van der Waals surface area contributed by atoms with Crippen molar-refractivity contribution in [3.05, 3.63) is 60.2 Å². The molecule has 2 saturated heterocycles. The first-order chi connectivity index (χ1) is 11.8. The average molecular weight is 325 g/mol. The number of ether oxygens (including phenoxy) is 2. The summed E-state index contributed by atoms with van der Waals surface area (Å²) >= 11 is 0. The fraction of sp³-hybridized carbons (Fsp3) is 0.474. The van der Waals surface area contributed by atoms with Crippen LogP contribution in [0.25, 0.3) is 0 Å². The summed E-state index contributed by atoms with van der Waals surface area (Å²) in [5, 5.41) is 0. The van der Waals surface area contributed by atoms with Crippen LogP contribution in [0.3, 0.4) is 0 Å². The van der Waals surface area contributed by atoms with Gasteiger partial charge < -0.3 is 9.47 Å². The summed E-state index contributed by atoms with van der Waals surface area (Å²) in [6.07, 6.45) is 7.59. The number of rotatable bonds is 5. The topological polar surface area (TPSA) is 47.5 Å². The highest BCUT2D eigenvalue weighted by atomic mass is 16.6. The van der Waals surface area contributed by atoms with E-state index in [0.29, 0.717) is 6.61 Å². The zero-order valence-corrected chi connectivity index (χ0v) is 13.8. The molecule has 1 aromatic carbocycles. The van der Waals surface area contributed by atoms with Crippen LogP contribution in [-0.4, -0.2) is 46.3 Å². The van der Waals surface area contributed by atoms with Gasteiger partial charge in [-0.25, -0.2) is 0 Å². The van der Waals surface area contributed by atoms with Crippen LogP contribution in [0.15, 0.2) is 48.9 Å². The van der Waals surface area contributed by atoms with Gasteiger partial charge in [0.25, 0.3) is 0 Å². The Balaban J connectivity index is 1.43. The van der Waals surface area contributed by atoms with E-state index in [9.17, 15) is 0 Å². The summed E-state index contributed by atoms with van der Waals surface area (Å²) < 4.78 is 12.5. The SMILES string of the molecule is c1ccc(CO[C@H]2CN(Cc3cnccn3)C[C@@]23CCCO3)cc1. The molecule has 126 valence electrons. The summed E-state index contributed by atoms with van der Waals surface area (Å²) in [5.41, 5.74) is 2.05. The highest BCUT2D eigenvalue weighted by Gasteiger charge is 2.50. The molecule has 2 atom stereocenters. The number of benzene rings is 1. The number of nitrogens with zero attached hydrogens (tertiary/aromatic N) is 3. The Morgan fingerprint density at radius 3 is 2.92 bits per heavy atom. The summed E-state index contributed by atoms with van der Waals surface area (Å²) in [7, 11) is 0. The normalized spacial score (nSPS) is 27.1. The third-order valence-corrected chi connectivity index (χ3v) is 4.93. The molecule has 1 spiro atoms. The smallest absolute Gasteiger partial charge is 0.108 e. The minimum absolute atomic E-state index is 0.108. The molecule has 2 fully saturated rings. The van der Waals surface area contributed by atoms with Gasteiger partial charge in [0.05, 0.1) is 12.3 Å². The number of hydrogen-bond acceptors (Lipinski definition) is 5. The van der Waals surface area contributed by atoms with Gasteiger partial charge in [0.15, 0.2) is 0 Å². The molecule has 24 heavy (non-hydrogen) atoms. The van der Waals surface area contributed by atoms with E-state index in [1.165, 1.54) is 5.56 Å². The predicted molar refractivity (Wildman–Crippen MR) is 90.2 cm³/mol. The van der Waals surface area contributed by atoms with Gasteiger partial charge in [0.2, 0.25) is 0 Å². The van der Waals surface area contributed by atoms with Gasteiger partial charge in [-0.2, -0.15) is 0 Å². The molecule has 0 N–H and O–H groups in total. The van der Waals surface area contributed by atoms with Crippen molar-refractivity contribution in [2.45, 2.75) is 37.7 Å². The van der Waals surface area contributed by atoms with Crippen molar-refractivity contribution < 1.29 is 9.47 Å². The minimum atomic E-state index is -0.156. The first kappa shape index (κ1) is 15.7. The average Bonchev–Trinajstić information content (AvgIpc) is 3.22. The molecule has 2 aromatic rings. The first-order valence-electron chi connectivity index (χ1n) is 8.61. The molecule has 0 unspecified atom stereocenters. The van der Waals surface area contributed by atoms with E-state index < -0.39 is 0 Å². The predicted octanol–water partition coefficient (Wildman–Crippen LogP) is 2.43. The Morgan fingerprint density at radius 1 is 1.25 bits per heavy atom. The van der Waals surface area contributed by atoms with Crippen molar-refractivity contribution in [3.8, 4) is 0 Å². The van der Waals surface area contributed by atoms with Gasteiger partial charge in [-0.1, -0.05) is 30.3 Å². The summed E-state index contributed by atoms with van der Waals surface area (Å²) in [5.74, 6) is 0. The Hall–Kier alpha value is -1.82. The largest absolute Gasteiger partial charge is 0.371 e. The van der Waals surface area contributed by atoms with Crippen LogP contribution in [0.4, 0.5) is 0 Å². The lowest BCUT2D eigenvalue weighted by atomic mass is 9.96. The van der Waals surface area contributed by atoms with E-state index in [2.05, 4.69) is 39.1 Å². The lowest BCUT2D eigenvalue weighted by Crippen LogP contribution is -2.42. The maximum absolute atomic E-state index is 6.29. The Morgan fingerprint density at radius 2 is 2.17 bits per heavy atom. The van der Waals surface area contributed by atoms with Crippen LogP contribution in [0.1, 0.15) is 24.1 Å². The van der Waals surface area contributed by atoms with Crippen molar-refractivity contribution in [1.82, 2.24) is 14.9 Å². The van der Waals surface area contributed by atoms with Crippen LogP contribution in [0.2, 0.25) is 0 Å². The molecule has 2 aliphatic rings. The third-order valence-electron chi connectivity index (χ3n) is 4.93. The van der Waals surface area contributed by atoms with Crippen molar-refractivity contribution in [2.75, 3.05) is 19.7 Å². The second kappa shape index (κ2) is 6.97. The Labute approximate surface area is 142 Å². The van der Waals surface area contributed by atoms with Crippen LogP contribution < -0.4 is 0 Å². The summed E-state index contributed by atoms with van der Waals surface area (Å²) in [6, 6.07) is 10.3. The Bertz CT molecular complexity index is 644. The molecule has 1 aromatic heterocycles. The highest BCUT2D eigenvalue weighted by molar-refractivity contribution is 5.14. The molecular formula is C19H23N3O2. The molecule has 0 radical (unpaired) electrons. The van der Waals surface area contributed by atoms with Gasteiger partial charge >= 0.3 is 0 Å². The van der Waals surface area contributed by atoms with E-state index in [0.717, 1.165) is 44.8 Å². The third kappa shape index (κ3) is 3.34. The Kier molecular flexibility index (Phi) is 4.56. The number of hydrogen-bond donors (Lipinski definition) is 0. The molecule has 0 saturated carbocycles. The van der Waals surface area contributed by atoms with Gasteiger partial charge in [0, 0.05) is 44.8 Å². The molecule has 0 bridgehead atoms. The van der Waals surface area contributed by atoms with Crippen molar-refractivity contribution in [2.24, 2.45) is 0 Å². The summed E-state index contributed by atoms with van der Waals surface area (Å²) in [6.45, 7) is 4.05. The van der Waals surface area contributed by atoms with E-state index in [1.807, 2.05) is 12.3 Å². The second-order valence-corrected chi connectivity index (χ2v) is 6.67. The molecule has 0 amide bonds. The van der Waals surface area contributed by atoms with Crippen molar-refractivity contribution in [1.29, 1.82) is 0 Å². The van der Waals surface area contributed by atoms with Gasteiger partial charge in [0.1, 0.15) is 11.7 Å². The molecule has 3 heterocycles. The van der Waals surface area contributed by atoms with Gasteiger partial charge in [-0.15, -0.1) is 0 Å². The lowest BCUT2D eigenvalue weighted by Gasteiger charge is -2.29. The first-order valence-corrected chi connectivity index (χ1v) is 8.61. The van der Waals surface area contributed by atoms with Crippen LogP contribution in [-0.2, 0) is 22.6 Å². The van der Waals surface area contributed by atoms with Gasteiger partial charge in [-0.3, -0.25) is 14.9 Å². The lowest BCUT2D eigenvalue weighted by molar-refractivity contribution is -0.0959. The molecule has 4 rings (SSSR count). The van der Waals surface area contributed by atoms with E-state index in [-0.39, 0.29) is 11.7 Å². The fourth-order valence-electron chi connectivity index (χ4n) is 3.78. The number of likely N-dealkylation sites (tertiary alicyclic amines) is 1. The van der Waals surface area contributed by atoms with E-state index in [1.54, 1.807) is 12.4 Å². The number of aromatic nitrogens is 2. The monoisotopic (exact) mass is 325 g/mol. The quantitative estimate of drug-likeness (QED) is 0.845. The van der Waals surface area contributed by atoms with Gasteiger partial charge in [-0.05, 0) is 18.4 Å². The van der Waals surface area contributed by atoms with Crippen LogP contribution in [0, 0.1) is 0 Å².